The van der Waals surface area contributed by atoms with Crippen LogP contribution in [0.4, 0.5) is 21.5 Å². The van der Waals surface area contributed by atoms with Crippen molar-refractivity contribution in [2.75, 3.05) is 17.2 Å². The van der Waals surface area contributed by atoms with Gasteiger partial charge in [-0.25, -0.2) is 4.39 Å². The van der Waals surface area contributed by atoms with Gasteiger partial charge in [0.2, 0.25) is 0 Å². The van der Waals surface area contributed by atoms with Crippen molar-refractivity contribution < 1.29 is 9.31 Å². The summed E-state index contributed by atoms with van der Waals surface area (Å²) in [7, 11) is 0. The zero-order valence-electron chi connectivity index (χ0n) is 12.3. The predicted molar refractivity (Wildman–Crippen MR) is 85.6 cm³/mol. The number of non-ortho nitro benzene ring substituents is 1. The molecule has 0 saturated carbocycles. The molecule has 2 N–H and O–H groups in total. The van der Waals surface area contributed by atoms with Crippen LogP contribution in [-0.4, -0.2) is 11.5 Å². The first-order chi connectivity index (χ1) is 10.6. The average molecular weight is 303 g/mol. The summed E-state index contributed by atoms with van der Waals surface area (Å²) in [5.41, 5.74) is 2.04. The summed E-state index contributed by atoms with van der Waals surface area (Å²) in [6.07, 6.45) is 1.06. The van der Waals surface area contributed by atoms with E-state index in [-0.39, 0.29) is 11.4 Å². The molecule has 0 saturated heterocycles. The standard InChI is InChI=1S/C16H18FN3O2/c1-2-9-18-13-5-3-12(4-6-13)11-19-16-8-7-14(20(21)22)10-15(16)17/h3-8,10,18-19H,2,9,11H2,1H3. The van der Waals surface area contributed by atoms with Gasteiger partial charge in [0, 0.05) is 24.8 Å². The summed E-state index contributed by atoms with van der Waals surface area (Å²) in [4.78, 5) is 9.95. The average Bonchev–Trinajstić information content (AvgIpc) is 2.52. The molecule has 0 fully saturated rings. The second-order valence-electron chi connectivity index (χ2n) is 4.90. The highest BCUT2D eigenvalue weighted by molar-refractivity contribution is 5.51. The van der Waals surface area contributed by atoms with Gasteiger partial charge in [0.25, 0.3) is 5.69 Å². The van der Waals surface area contributed by atoms with Crippen LogP contribution in [0.2, 0.25) is 0 Å². The number of benzene rings is 2. The molecule has 0 atom stereocenters. The Labute approximate surface area is 128 Å². The third-order valence-electron chi connectivity index (χ3n) is 3.18. The lowest BCUT2D eigenvalue weighted by molar-refractivity contribution is -0.385. The van der Waals surface area contributed by atoms with Crippen LogP contribution < -0.4 is 10.6 Å². The molecular formula is C16H18FN3O2. The van der Waals surface area contributed by atoms with Gasteiger partial charge in [-0.2, -0.15) is 0 Å². The lowest BCUT2D eigenvalue weighted by atomic mass is 10.2. The van der Waals surface area contributed by atoms with Crippen LogP contribution in [0.15, 0.2) is 42.5 Å². The van der Waals surface area contributed by atoms with Gasteiger partial charge >= 0.3 is 0 Å². The largest absolute Gasteiger partial charge is 0.385 e. The minimum atomic E-state index is -0.629. The maximum absolute atomic E-state index is 13.7. The molecule has 2 rings (SSSR count). The van der Waals surface area contributed by atoms with Gasteiger partial charge in [-0.05, 0) is 30.2 Å². The highest BCUT2D eigenvalue weighted by Gasteiger charge is 2.10. The molecule has 0 spiro atoms. The molecule has 116 valence electrons. The van der Waals surface area contributed by atoms with E-state index in [1.807, 2.05) is 24.3 Å². The van der Waals surface area contributed by atoms with E-state index in [1.165, 1.54) is 12.1 Å². The first kappa shape index (κ1) is 15.8. The maximum Gasteiger partial charge on any atom is 0.272 e. The van der Waals surface area contributed by atoms with Crippen LogP contribution in [0.5, 0.6) is 0 Å². The van der Waals surface area contributed by atoms with E-state index < -0.39 is 10.7 Å². The third-order valence-corrected chi connectivity index (χ3v) is 3.18. The Morgan fingerprint density at radius 2 is 1.86 bits per heavy atom. The fourth-order valence-electron chi connectivity index (χ4n) is 1.97. The highest BCUT2D eigenvalue weighted by Crippen LogP contribution is 2.21. The van der Waals surface area contributed by atoms with Crippen molar-refractivity contribution in [1.82, 2.24) is 0 Å². The zero-order valence-corrected chi connectivity index (χ0v) is 12.3. The number of nitrogens with zero attached hydrogens (tertiary/aromatic N) is 1. The predicted octanol–water partition coefficient (Wildman–Crippen LogP) is 4.17. The molecule has 0 aliphatic heterocycles. The summed E-state index contributed by atoms with van der Waals surface area (Å²) < 4.78 is 13.7. The van der Waals surface area contributed by atoms with E-state index in [2.05, 4.69) is 17.6 Å². The van der Waals surface area contributed by atoms with Crippen LogP contribution in [0.1, 0.15) is 18.9 Å². The van der Waals surface area contributed by atoms with Crippen molar-refractivity contribution in [3.05, 3.63) is 64.0 Å². The summed E-state index contributed by atoms with van der Waals surface area (Å²) >= 11 is 0. The number of anilines is 2. The molecular weight excluding hydrogens is 285 g/mol. The number of rotatable bonds is 7. The van der Waals surface area contributed by atoms with Gasteiger partial charge in [-0.3, -0.25) is 10.1 Å². The number of nitro groups is 1. The smallest absolute Gasteiger partial charge is 0.272 e. The first-order valence-corrected chi connectivity index (χ1v) is 7.10. The number of halogens is 1. The summed E-state index contributed by atoms with van der Waals surface area (Å²) in [6, 6.07) is 11.4. The topological polar surface area (TPSA) is 67.2 Å². The monoisotopic (exact) mass is 303 g/mol. The van der Waals surface area contributed by atoms with Crippen molar-refractivity contribution >= 4 is 17.1 Å². The highest BCUT2D eigenvalue weighted by atomic mass is 19.1. The van der Waals surface area contributed by atoms with Gasteiger partial charge < -0.3 is 10.6 Å². The van der Waals surface area contributed by atoms with E-state index in [9.17, 15) is 14.5 Å². The van der Waals surface area contributed by atoms with Crippen molar-refractivity contribution in [3.8, 4) is 0 Å². The molecule has 5 nitrogen and oxygen atoms in total. The first-order valence-electron chi connectivity index (χ1n) is 7.10. The molecule has 0 bridgehead atoms. The number of nitrogens with one attached hydrogen (secondary N) is 2. The summed E-state index contributed by atoms with van der Waals surface area (Å²) in [6.45, 7) is 3.47. The minimum Gasteiger partial charge on any atom is -0.385 e. The molecule has 0 amide bonds. The Kier molecular flexibility index (Phi) is 5.30. The zero-order chi connectivity index (χ0) is 15.9. The van der Waals surface area contributed by atoms with Gasteiger partial charge in [0.05, 0.1) is 16.7 Å². The molecule has 0 aliphatic rings. The maximum atomic E-state index is 13.7. The molecule has 0 aromatic heterocycles. The Bertz CT molecular complexity index is 644. The Hall–Kier alpha value is -2.63. The van der Waals surface area contributed by atoms with Crippen LogP contribution in [0.3, 0.4) is 0 Å². The van der Waals surface area contributed by atoms with E-state index >= 15 is 0 Å². The fraction of sp³-hybridized carbons (Fsp3) is 0.250. The normalized spacial score (nSPS) is 10.3. The summed E-state index contributed by atoms with van der Waals surface area (Å²) in [5, 5.41) is 16.8. The number of hydrogen-bond acceptors (Lipinski definition) is 4. The van der Waals surface area contributed by atoms with Crippen molar-refractivity contribution in [2.24, 2.45) is 0 Å². The molecule has 0 unspecified atom stereocenters. The number of hydrogen-bond donors (Lipinski definition) is 2. The van der Waals surface area contributed by atoms with Gasteiger partial charge in [0.15, 0.2) is 5.82 Å². The Morgan fingerprint density at radius 3 is 2.45 bits per heavy atom. The number of nitro benzene ring substituents is 1. The summed E-state index contributed by atoms with van der Waals surface area (Å²) in [5.74, 6) is -0.629. The third kappa shape index (κ3) is 4.18. The second-order valence-corrected chi connectivity index (χ2v) is 4.90. The van der Waals surface area contributed by atoms with Crippen molar-refractivity contribution in [2.45, 2.75) is 19.9 Å². The molecule has 2 aromatic rings. The van der Waals surface area contributed by atoms with Gasteiger partial charge in [-0.15, -0.1) is 0 Å². The lowest BCUT2D eigenvalue weighted by Crippen LogP contribution is -2.03. The SMILES string of the molecule is CCCNc1ccc(CNc2ccc([N+](=O)[O-])cc2F)cc1. The van der Waals surface area contributed by atoms with E-state index in [0.717, 1.165) is 30.3 Å². The van der Waals surface area contributed by atoms with Crippen molar-refractivity contribution in [1.29, 1.82) is 0 Å². The van der Waals surface area contributed by atoms with Crippen LogP contribution in [0, 0.1) is 15.9 Å². The second kappa shape index (κ2) is 7.40. The van der Waals surface area contributed by atoms with Crippen LogP contribution >= 0.6 is 0 Å². The fourth-order valence-corrected chi connectivity index (χ4v) is 1.97. The minimum absolute atomic E-state index is 0.249. The molecule has 0 radical (unpaired) electrons. The van der Waals surface area contributed by atoms with Crippen molar-refractivity contribution in [3.63, 3.8) is 0 Å². The molecule has 2 aromatic carbocycles. The Morgan fingerprint density at radius 1 is 1.14 bits per heavy atom. The molecule has 6 heteroatoms. The van der Waals surface area contributed by atoms with Gasteiger partial charge in [-0.1, -0.05) is 19.1 Å². The van der Waals surface area contributed by atoms with E-state index in [4.69, 9.17) is 0 Å². The molecule has 22 heavy (non-hydrogen) atoms. The van der Waals surface area contributed by atoms with Crippen LogP contribution in [0.25, 0.3) is 0 Å². The van der Waals surface area contributed by atoms with E-state index in [0.29, 0.717) is 6.54 Å². The molecule has 0 aliphatic carbocycles. The Balaban J connectivity index is 1.96. The quantitative estimate of drug-likeness (QED) is 0.595. The molecule has 0 heterocycles. The lowest BCUT2D eigenvalue weighted by Gasteiger charge is -2.09. The van der Waals surface area contributed by atoms with E-state index in [1.54, 1.807) is 0 Å². The van der Waals surface area contributed by atoms with Gasteiger partial charge in [0.1, 0.15) is 0 Å². The van der Waals surface area contributed by atoms with Crippen LogP contribution in [-0.2, 0) is 6.54 Å².